The van der Waals surface area contributed by atoms with Crippen LogP contribution < -0.4 is 10.1 Å². The number of benzene rings is 2. The highest BCUT2D eigenvalue weighted by Gasteiger charge is 2.22. The predicted octanol–water partition coefficient (Wildman–Crippen LogP) is 5.10. The van der Waals surface area contributed by atoms with Crippen LogP contribution in [0.25, 0.3) is 11.3 Å². The van der Waals surface area contributed by atoms with Crippen molar-refractivity contribution < 1.29 is 9.53 Å². The van der Waals surface area contributed by atoms with Crippen LogP contribution in [-0.2, 0) is 11.3 Å². The van der Waals surface area contributed by atoms with Crippen LogP contribution in [0.15, 0.2) is 66.7 Å². The number of hydrogen-bond acceptors (Lipinski definition) is 4. The van der Waals surface area contributed by atoms with E-state index < -0.39 is 0 Å². The van der Waals surface area contributed by atoms with E-state index in [-0.39, 0.29) is 5.91 Å². The zero-order valence-electron chi connectivity index (χ0n) is 18.2. The minimum Gasteiger partial charge on any atom is -0.497 e. The van der Waals surface area contributed by atoms with Crippen LogP contribution in [0.4, 0.5) is 5.69 Å². The van der Waals surface area contributed by atoms with Gasteiger partial charge in [-0.25, -0.2) is 0 Å². The lowest BCUT2D eigenvalue weighted by Gasteiger charge is -2.32. The number of hydrogen-bond donors (Lipinski definition) is 1. The molecule has 1 aliphatic rings. The highest BCUT2D eigenvalue weighted by atomic mass is 16.5. The summed E-state index contributed by atoms with van der Waals surface area (Å²) in [4.78, 5) is 18.7. The maximum Gasteiger partial charge on any atom is 0.221 e. The number of nitrogens with one attached hydrogen (secondary N) is 1. The van der Waals surface area contributed by atoms with Gasteiger partial charge >= 0.3 is 0 Å². The predicted molar refractivity (Wildman–Crippen MR) is 124 cm³/mol. The van der Waals surface area contributed by atoms with Crippen LogP contribution in [0, 0.1) is 0 Å². The average Bonchev–Trinajstić information content (AvgIpc) is 2.80. The first kappa shape index (κ1) is 21.1. The number of rotatable bonds is 6. The van der Waals surface area contributed by atoms with Gasteiger partial charge in [0.05, 0.1) is 12.8 Å². The minimum absolute atomic E-state index is 0.0460. The highest BCUT2D eigenvalue weighted by Crippen LogP contribution is 2.29. The van der Waals surface area contributed by atoms with Crippen molar-refractivity contribution in [3.8, 4) is 17.0 Å². The normalized spacial score (nSPS) is 16.6. The number of amides is 1. The van der Waals surface area contributed by atoms with E-state index in [1.54, 1.807) is 7.11 Å². The standard InChI is InChI=1S/C26H29N3O2/c1-19(30)27-23-13-11-20(12-14-23)17-29-15-5-7-22(18-29)26-10-4-9-25(28-26)21-6-3-8-24(16-21)31-2/h3-4,6,8-14,16,22H,5,7,15,17-18H2,1-2H3,(H,27,30)/t22-/m0/s1. The van der Waals surface area contributed by atoms with Gasteiger partial charge in [-0.2, -0.15) is 0 Å². The first-order chi connectivity index (χ1) is 15.1. The summed E-state index contributed by atoms with van der Waals surface area (Å²) >= 11 is 0. The molecule has 3 aromatic rings. The Bertz CT molecular complexity index is 1030. The summed E-state index contributed by atoms with van der Waals surface area (Å²) in [6, 6.07) is 22.5. The van der Waals surface area contributed by atoms with Crippen molar-refractivity contribution in [2.24, 2.45) is 0 Å². The van der Waals surface area contributed by atoms with Crippen LogP contribution in [0.2, 0.25) is 0 Å². The molecule has 5 heteroatoms. The molecule has 0 unspecified atom stereocenters. The number of nitrogens with zero attached hydrogens (tertiary/aromatic N) is 2. The number of carbonyl (C=O) groups is 1. The van der Waals surface area contributed by atoms with Gasteiger partial charge in [-0.05, 0) is 61.3 Å². The Balaban J connectivity index is 1.44. The molecule has 0 bridgehead atoms. The van der Waals surface area contributed by atoms with Gasteiger partial charge in [0.2, 0.25) is 5.91 Å². The van der Waals surface area contributed by atoms with E-state index in [4.69, 9.17) is 9.72 Å². The molecule has 0 radical (unpaired) electrons. The summed E-state index contributed by atoms with van der Waals surface area (Å²) < 4.78 is 5.36. The molecule has 2 heterocycles. The number of anilines is 1. The topological polar surface area (TPSA) is 54.5 Å². The molecule has 1 aliphatic heterocycles. The molecule has 5 nitrogen and oxygen atoms in total. The SMILES string of the molecule is COc1cccc(-c2cccc([C@H]3CCCN(Cc4ccc(NC(C)=O)cc4)C3)n2)c1. The van der Waals surface area contributed by atoms with Crippen molar-refractivity contribution >= 4 is 11.6 Å². The fraction of sp³-hybridized carbons (Fsp3) is 0.308. The molecule has 0 aliphatic carbocycles. The lowest BCUT2D eigenvalue weighted by atomic mass is 9.93. The highest BCUT2D eigenvalue weighted by molar-refractivity contribution is 5.88. The average molecular weight is 416 g/mol. The largest absolute Gasteiger partial charge is 0.497 e. The van der Waals surface area contributed by atoms with Crippen LogP contribution in [0.1, 0.15) is 36.9 Å². The quantitative estimate of drug-likeness (QED) is 0.609. The summed E-state index contributed by atoms with van der Waals surface area (Å²) in [5.41, 5.74) is 5.32. The molecular formula is C26H29N3O2. The van der Waals surface area contributed by atoms with Gasteiger partial charge < -0.3 is 10.1 Å². The van der Waals surface area contributed by atoms with Gasteiger partial charge in [0.15, 0.2) is 0 Å². The second-order valence-corrected chi connectivity index (χ2v) is 8.13. The summed E-state index contributed by atoms with van der Waals surface area (Å²) in [5, 5.41) is 2.82. The van der Waals surface area contributed by atoms with Crippen molar-refractivity contribution in [2.75, 3.05) is 25.5 Å². The molecule has 2 aromatic carbocycles. The molecule has 4 rings (SSSR count). The number of likely N-dealkylation sites (tertiary alicyclic amines) is 1. The third-order valence-electron chi connectivity index (χ3n) is 5.74. The molecule has 31 heavy (non-hydrogen) atoms. The Morgan fingerprint density at radius 3 is 2.71 bits per heavy atom. The van der Waals surface area contributed by atoms with Crippen molar-refractivity contribution in [1.29, 1.82) is 0 Å². The van der Waals surface area contributed by atoms with Gasteiger partial charge in [0.1, 0.15) is 5.75 Å². The van der Waals surface area contributed by atoms with E-state index in [0.29, 0.717) is 5.92 Å². The summed E-state index contributed by atoms with van der Waals surface area (Å²) in [6.45, 7) is 4.53. The Morgan fingerprint density at radius 2 is 1.94 bits per heavy atom. The van der Waals surface area contributed by atoms with E-state index in [1.165, 1.54) is 18.9 Å². The summed E-state index contributed by atoms with van der Waals surface area (Å²) in [5.74, 6) is 1.23. The lowest BCUT2D eigenvalue weighted by molar-refractivity contribution is -0.114. The van der Waals surface area contributed by atoms with Crippen molar-refractivity contribution in [2.45, 2.75) is 32.2 Å². The number of piperidine rings is 1. The number of aromatic nitrogens is 1. The summed E-state index contributed by atoms with van der Waals surface area (Å²) in [7, 11) is 1.69. The number of methoxy groups -OCH3 is 1. The fourth-order valence-corrected chi connectivity index (χ4v) is 4.22. The Morgan fingerprint density at radius 1 is 1.13 bits per heavy atom. The molecule has 0 spiro atoms. The molecule has 1 aromatic heterocycles. The van der Waals surface area contributed by atoms with E-state index in [2.05, 4.69) is 46.6 Å². The van der Waals surface area contributed by atoms with E-state index in [1.807, 2.05) is 30.3 Å². The van der Waals surface area contributed by atoms with Crippen molar-refractivity contribution in [1.82, 2.24) is 9.88 Å². The van der Waals surface area contributed by atoms with Crippen molar-refractivity contribution in [3.05, 3.63) is 78.0 Å². The van der Waals surface area contributed by atoms with Gasteiger partial charge in [-0.15, -0.1) is 0 Å². The third kappa shape index (κ3) is 5.50. The van der Waals surface area contributed by atoms with Gasteiger partial charge in [-0.1, -0.05) is 30.3 Å². The molecule has 1 N–H and O–H groups in total. The first-order valence-corrected chi connectivity index (χ1v) is 10.8. The number of ether oxygens (including phenoxy) is 1. The monoisotopic (exact) mass is 415 g/mol. The smallest absolute Gasteiger partial charge is 0.221 e. The second kappa shape index (κ2) is 9.75. The molecule has 1 saturated heterocycles. The third-order valence-corrected chi connectivity index (χ3v) is 5.74. The van der Waals surface area contributed by atoms with Crippen LogP contribution >= 0.6 is 0 Å². The Kier molecular flexibility index (Phi) is 6.63. The van der Waals surface area contributed by atoms with E-state index >= 15 is 0 Å². The Labute approximate surface area is 184 Å². The van der Waals surface area contributed by atoms with Gasteiger partial charge in [0.25, 0.3) is 0 Å². The van der Waals surface area contributed by atoms with Crippen LogP contribution in [0.5, 0.6) is 5.75 Å². The second-order valence-electron chi connectivity index (χ2n) is 8.13. The molecule has 0 saturated carbocycles. The zero-order valence-corrected chi connectivity index (χ0v) is 18.2. The van der Waals surface area contributed by atoms with E-state index in [0.717, 1.165) is 54.4 Å². The summed E-state index contributed by atoms with van der Waals surface area (Å²) in [6.07, 6.45) is 2.33. The van der Waals surface area contributed by atoms with Crippen LogP contribution in [-0.4, -0.2) is 36.0 Å². The van der Waals surface area contributed by atoms with Gasteiger partial charge in [0, 0.05) is 42.9 Å². The molecule has 1 atom stereocenters. The minimum atomic E-state index is -0.0460. The molecule has 160 valence electrons. The number of pyridine rings is 1. The first-order valence-electron chi connectivity index (χ1n) is 10.8. The van der Waals surface area contributed by atoms with Crippen LogP contribution in [0.3, 0.4) is 0 Å². The molecule has 1 fully saturated rings. The Hall–Kier alpha value is -3.18. The van der Waals surface area contributed by atoms with Gasteiger partial charge in [-0.3, -0.25) is 14.7 Å². The molecular weight excluding hydrogens is 386 g/mol. The van der Waals surface area contributed by atoms with E-state index in [9.17, 15) is 4.79 Å². The zero-order chi connectivity index (χ0) is 21.6. The van der Waals surface area contributed by atoms with Crippen molar-refractivity contribution in [3.63, 3.8) is 0 Å². The fourth-order valence-electron chi connectivity index (χ4n) is 4.22. The maximum atomic E-state index is 11.2. The molecule has 1 amide bonds. The number of carbonyl (C=O) groups excluding carboxylic acids is 1. The maximum absolute atomic E-state index is 11.2. The lowest BCUT2D eigenvalue weighted by Crippen LogP contribution is -2.34.